The Morgan fingerprint density at radius 1 is 1.09 bits per heavy atom. The molecule has 0 bridgehead atoms. The third-order valence-corrected chi connectivity index (χ3v) is 3.60. The van der Waals surface area contributed by atoms with Crippen molar-refractivity contribution in [2.24, 2.45) is 5.10 Å². The summed E-state index contributed by atoms with van der Waals surface area (Å²) < 4.78 is 12.3. The van der Waals surface area contributed by atoms with Crippen LogP contribution in [0.4, 0.5) is 5.69 Å². The number of halogens is 1. The third-order valence-electron chi connectivity index (χ3n) is 2.80. The van der Waals surface area contributed by atoms with Crippen LogP contribution in [0.3, 0.4) is 0 Å². The zero-order valence-electron chi connectivity index (χ0n) is 12.7. The maximum Gasteiger partial charge on any atom is 0.174 e. The van der Waals surface area contributed by atoms with Gasteiger partial charge in [-0.15, -0.1) is 0 Å². The standard InChI is InChI=1S/C17H19IN2O2/c1-3-21-16-11-13(10-15(18)17(16)22-4-2)12-19-20-14-8-6-5-7-9-14/h5-12,20H,3-4H2,1-2H3. The fourth-order valence-electron chi connectivity index (χ4n) is 1.90. The molecule has 2 rings (SSSR count). The van der Waals surface area contributed by atoms with Crippen LogP contribution in [0.1, 0.15) is 19.4 Å². The van der Waals surface area contributed by atoms with Gasteiger partial charge >= 0.3 is 0 Å². The van der Waals surface area contributed by atoms with Crippen LogP contribution in [0, 0.1) is 3.57 Å². The van der Waals surface area contributed by atoms with Gasteiger partial charge in [0.15, 0.2) is 11.5 Å². The van der Waals surface area contributed by atoms with Gasteiger partial charge in [0.1, 0.15) is 0 Å². The summed E-state index contributed by atoms with van der Waals surface area (Å²) in [6, 6.07) is 13.8. The summed E-state index contributed by atoms with van der Waals surface area (Å²) >= 11 is 2.25. The highest BCUT2D eigenvalue weighted by Gasteiger charge is 2.11. The van der Waals surface area contributed by atoms with Crippen molar-refractivity contribution >= 4 is 34.5 Å². The van der Waals surface area contributed by atoms with E-state index in [0.29, 0.717) is 13.2 Å². The van der Waals surface area contributed by atoms with Crippen LogP contribution >= 0.6 is 22.6 Å². The van der Waals surface area contributed by atoms with E-state index in [1.807, 2.05) is 56.3 Å². The molecule has 0 aliphatic rings. The predicted molar refractivity (Wildman–Crippen MR) is 99.2 cm³/mol. The SMILES string of the molecule is CCOc1cc(C=NNc2ccccc2)cc(I)c1OCC. The third kappa shape index (κ3) is 4.62. The first-order chi connectivity index (χ1) is 10.7. The Balaban J connectivity index is 2.17. The van der Waals surface area contributed by atoms with Crippen LogP contribution in [-0.4, -0.2) is 19.4 Å². The van der Waals surface area contributed by atoms with Gasteiger partial charge in [0.05, 0.1) is 28.7 Å². The number of rotatable bonds is 7. The molecule has 0 heterocycles. The van der Waals surface area contributed by atoms with E-state index >= 15 is 0 Å². The van der Waals surface area contributed by atoms with E-state index in [1.54, 1.807) is 6.21 Å². The molecule has 22 heavy (non-hydrogen) atoms. The highest BCUT2D eigenvalue weighted by atomic mass is 127. The molecule has 0 radical (unpaired) electrons. The number of nitrogens with zero attached hydrogens (tertiary/aromatic N) is 1. The molecule has 0 saturated heterocycles. The van der Waals surface area contributed by atoms with E-state index in [1.165, 1.54) is 0 Å². The van der Waals surface area contributed by atoms with Gasteiger partial charge in [-0.2, -0.15) is 5.10 Å². The number of benzene rings is 2. The van der Waals surface area contributed by atoms with Gasteiger partial charge in [-0.1, -0.05) is 18.2 Å². The molecule has 0 aromatic heterocycles. The lowest BCUT2D eigenvalue weighted by Crippen LogP contribution is -2.01. The van der Waals surface area contributed by atoms with Crippen molar-refractivity contribution in [3.8, 4) is 11.5 Å². The zero-order chi connectivity index (χ0) is 15.8. The summed E-state index contributed by atoms with van der Waals surface area (Å²) in [7, 11) is 0. The summed E-state index contributed by atoms with van der Waals surface area (Å²) in [6.07, 6.45) is 1.77. The smallest absolute Gasteiger partial charge is 0.174 e. The van der Waals surface area contributed by atoms with Crippen LogP contribution in [0.25, 0.3) is 0 Å². The molecular weight excluding hydrogens is 391 g/mol. The van der Waals surface area contributed by atoms with Crippen molar-refractivity contribution < 1.29 is 9.47 Å². The first-order valence-corrected chi connectivity index (χ1v) is 8.25. The van der Waals surface area contributed by atoms with Gasteiger partial charge in [0.2, 0.25) is 0 Å². The number of hydrazone groups is 1. The molecule has 5 heteroatoms. The Morgan fingerprint density at radius 3 is 2.50 bits per heavy atom. The van der Waals surface area contributed by atoms with Crippen LogP contribution in [0.2, 0.25) is 0 Å². The molecule has 0 aliphatic carbocycles. The topological polar surface area (TPSA) is 42.8 Å². The van der Waals surface area contributed by atoms with Crippen LogP contribution in [0.5, 0.6) is 11.5 Å². The molecule has 0 amide bonds. The quantitative estimate of drug-likeness (QED) is 0.414. The Hall–Kier alpha value is -1.76. The lowest BCUT2D eigenvalue weighted by molar-refractivity contribution is 0.286. The number of hydrogen-bond acceptors (Lipinski definition) is 4. The van der Waals surface area contributed by atoms with Gasteiger partial charge in [0, 0.05) is 0 Å². The Labute approximate surface area is 144 Å². The summed E-state index contributed by atoms with van der Waals surface area (Å²) in [4.78, 5) is 0. The molecule has 0 fully saturated rings. The van der Waals surface area contributed by atoms with Gasteiger partial charge in [0.25, 0.3) is 0 Å². The van der Waals surface area contributed by atoms with Gasteiger partial charge in [-0.25, -0.2) is 0 Å². The maximum atomic E-state index is 5.66. The number of nitrogens with one attached hydrogen (secondary N) is 1. The Kier molecular flexibility index (Phi) is 6.51. The first kappa shape index (κ1) is 16.6. The summed E-state index contributed by atoms with van der Waals surface area (Å²) in [5.74, 6) is 1.54. The fourth-order valence-corrected chi connectivity index (χ4v) is 2.68. The Morgan fingerprint density at radius 2 is 1.82 bits per heavy atom. The van der Waals surface area contributed by atoms with Crippen molar-refractivity contribution in [2.75, 3.05) is 18.6 Å². The van der Waals surface area contributed by atoms with Crippen molar-refractivity contribution in [2.45, 2.75) is 13.8 Å². The van der Waals surface area contributed by atoms with Gasteiger partial charge in [-0.05, 0) is 66.3 Å². The molecule has 0 saturated carbocycles. The molecular formula is C17H19IN2O2. The van der Waals surface area contributed by atoms with Crippen LogP contribution < -0.4 is 14.9 Å². The van der Waals surface area contributed by atoms with Crippen molar-refractivity contribution in [1.82, 2.24) is 0 Å². The predicted octanol–water partition coefficient (Wildman–Crippen LogP) is 4.53. The van der Waals surface area contributed by atoms with E-state index in [2.05, 4.69) is 33.1 Å². The van der Waals surface area contributed by atoms with E-state index in [9.17, 15) is 0 Å². The number of ether oxygens (including phenoxy) is 2. The van der Waals surface area contributed by atoms with E-state index < -0.39 is 0 Å². The monoisotopic (exact) mass is 410 g/mol. The minimum absolute atomic E-state index is 0.596. The fraction of sp³-hybridized carbons (Fsp3) is 0.235. The maximum absolute atomic E-state index is 5.66. The normalized spacial score (nSPS) is 10.7. The second-order valence-electron chi connectivity index (χ2n) is 4.43. The molecule has 2 aromatic carbocycles. The van der Waals surface area contributed by atoms with E-state index in [4.69, 9.17) is 9.47 Å². The number of anilines is 1. The minimum Gasteiger partial charge on any atom is -0.490 e. The summed E-state index contributed by atoms with van der Waals surface area (Å²) in [5.41, 5.74) is 4.91. The molecule has 0 atom stereocenters. The highest BCUT2D eigenvalue weighted by molar-refractivity contribution is 14.1. The lowest BCUT2D eigenvalue weighted by Gasteiger charge is -2.13. The summed E-state index contributed by atoms with van der Waals surface area (Å²) in [6.45, 7) is 5.13. The largest absolute Gasteiger partial charge is 0.490 e. The lowest BCUT2D eigenvalue weighted by atomic mass is 10.2. The molecule has 0 spiro atoms. The first-order valence-electron chi connectivity index (χ1n) is 7.17. The summed E-state index contributed by atoms with van der Waals surface area (Å²) in [5, 5.41) is 4.26. The van der Waals surface area contributed by atoms with Crippen molar-refractivity contribution in [3.05, 3.63) is 51.6 Å². The van der Waals surface area contributed by atoms with E-state index in [-0.39, 0.29) is 0 Å². The van der Waals surface area contributed by atoms with E-state index in [0.717, 1.165) is 26.3 Å². The highest BCUT2D eigenvalue weighted by Crippen LogP contribution is 2.33. The second-order valence-corrected chi connectivity index (χ2v) is 5.59. The van der Waals surface area contributed by atoms with Gasteiger partial charge in [-0.3, -0.25) is 5.43 Å². The van der Waals surface area contributed by atoms with Crippen molar-refractivity contribution in [3.63, 3.8) is 0 Å². The van der Waals surface area contributed by atoms with Crippen LogP contribution in [0.15, 0.2) is 47.6 Å². The van der Waals surface area contributed by atoms with Crippen molar-refractivity contribution in [1.29, 1.82) is 0 Å². The number of hydrogen-bond donors (Lipinski definition) is 1. The minimum atomic E-state index is 0.596. The molecule has 0 unspecified atom stereocenters. The molecule has 4 nitrogen and oxygen atoms in total. The molecule has 0 aliphatic heterocycles. The van der Waals surface area contributed by atoms with Gasteiger partial charge < -0.3 is 9.47 Å². The van der Waals surface area contributed by atoms with Crippen LogP contribution in [-0.2, 0) is 0 Å². The average molecular weight is 410 g/mol. The second kappa shape index (κ2) is 8.63. The zero-order valence-corrected chi connectivity index (χ0v) is 14.8. The molecule has 1 N–H and O–H groups in total. The molecule has 116 valence electrons. The molecule has 2 aromatic rings. The number of para-hydroxylation sites is 1. The Bertz CT molecular complexity index is 630. The average Bonchev–Trinajstić information content (AvgIpc) is 2.52.